The first kappa shape index (κ1) is 15.4. The van der Waals surface area contributed by atoms with Crippen molar-refractivity contribution in [3.05, 3.63) is 24.0 Å². The van der Waals surface area contributed by atoms with E-state index in [2.05, 4.69) is 10.3 Å². The molecule has 0 bridgehead atoms. The standard InChI is InChI=1S/C14H23N3O2/c1-5-16-12-7-8-15-9-11(12)13(18)17(6-2)10-14(3,4)19/h7-9,19H,5-6,10H2,1-4H3,(H,15,16). The van der Waals surface area contributed by atoms with Crippen LogP contribution in [-0.2, 0) is 0 Å². The molecule has 0 aliphatic heterocycles. The number of amides is 1. The molecule has 5 nitrogen and oxygen atoms in total. The van der Waals surface area contributed by atoms with Crippen LogP contribution in [0, 0.1) is 0 Å². The second kappa shape index (κ2) is 6.52. The summed E-state index contributed by atoms with van der Waals surface area (Å²) in [6.07, 6.45) is 3.22. The molecule has 1 heterocycles. The number of carbonyl (C=O) groups excluding carboxylic acids is 1. The Labute approximate surface area is 114 Å². The second-order valence-electron chi connectivity index (χ2n) is 5.08. The molecule has 0 fully saturated rings. The lowest BCUT2D eigenvalue weighted by Gasteiger charge is -2.28. The fourth-order valence-corrected chi connectivity index (χ4v) is 1.87. The Hall–Kier alpha value is -1.62. The molecule has 0 saturated carbocycles. The van der Waals surface area contributed by atoms with Crippen molar-refractivity contribution in [1.82, 2.24) is 9.88 Å². The van der Waals surface area contributed by atoms with Gasteiger partial charge in [0.1, 0.15) is 0 Å². The molecule has 1 amide bonds. The number of carbonyl (C=O) groups is 1. The number of aliphatic hydroxyl groups is 1. The minimum Gasteiger partial charge on any atom is -0.389 e. The average Bonchev–Trinajstić information content (AvgIpc) is 2.35. The highest BCUT2D eigenvalue weighted by Crippen LogP contribution is 2.17. The quantitative estimate of drug-likeness (QED) is 0.822. The maximum atomic E-state index is 12.5. The van der Waals surface area contributed by atoms with Crippen molar-refractivity contribution in [2.45, 2.75) is 33.3 Å². The van der Waals surface area contributed by atoms with Gasteiger partial charge in [-0.15, -0.1) is 0 Å². The number of nitrogens with zero attached hydrogens (tertiary/aromatic N) is 2. The molecular formula is C14H23N3O2. The fourth-order valence-electron chi connectivity index (χ4n) is 1.87. The molecule has 0 aliphatic carbocycles. The average molecular weight is 265 g/mol. The molecule has 0 spiro atoms. The third-order valence-corrected chi connectivity index (χ3v) is 2.67. The van der Waals surface area contributed by atoms with Crippen LogP contribution >= 0.6 is 0 Å². The lowest BCUT2D eigenvalue weighted by molar-refractivity contribution is 0.0315. The predicted molar refractivity (Wildman–Crippen MR) is 76.3 cm³/mol. The molecule has 2 N–H and O–H groups in total. The van der Waals surface area contributed by atoms with Crippen LogP contribution in [0.2, 0.25) is 0 Å². The maximum Gasteiger partial charge on any atom is 0.257 e. The number of rotatable bonds is 6. The van der Waals surface area contributed by atoms with Gasteiger partial charge in [0.15, 0.2) is 0 Å². The van der Waals surface area contributed by atoms with Crippen LogP contribution in [0.4, 0.5) is 5.69 Å². The van der Waals surface area contributed by atoms with Crippen molar-refractivity contribution >= 4 is 11.6 Å². The molecule has 1 rings (SSSR count). The summed E-state index contributed by atoms with van der Waals surface area (Å²) in [6.45, 7) is 8.83. The molecule has 5 heteroatoms. The zero-order valence-corrected chi connectivity index (χ0v) is 12.1. The van der Waals surface area contributed by atoms with Gasteiger partial charge in [-0.3, -0.25) is 9.78 Å². The first-order valence-corrected chi connectivity index (χ1v) is 6.58. The fraction of sp³-hybridized carbons (Fsp3) is 0.571. The van der Waals surface area contributed by atoms with Crippen molar-refractivity contribution in [1.29, 1.82) is 0 Å². The number of pyridine rings is 1. The van der Waals surface area contributed by atoms with E-state index in [4.69, 9.17) is 0 Å². The van der Waals surface area contributed by atoms with Crippen molar-refractivity contribution in [2.24, 2.45) is 0 Å². The van der Waals surface area contributed by atoms with E-state index in [0.717, 1.165) is 12.2 Å². The van der Waals surface area contributed by atoms with Crippen molar-refractivity contribution in [3.63, 3.8) is 0 Å². The lowest BCUT2D eigenvalue weighted by Crippen LogP contribution is -2.42. The molecule has 1 aromatic rings. The summed E-state index contributed by atoms with van der Waals surface area (Å²) in [4.78, 5) is 18.1. The third-order valence-electron chi connectivity index (χ3n) is 2.67. The molecule has 0 atom stereocenters. The number of anilines is 1. The van der Waals surface area contributed by atoms with E-state index in [0.29, 0.717) is 18.7 Å². The predicted octanol–water partition coefficient (Wildman–Crippen LogP) is 1.75. The second-order valence-corrected chi connectivity index (χ2v) is 5.08. The molecule has 0 aromatic carbocycles. The van der Waals surface area contributed by atoms with Crippen molar-refractivity contribution in [2.75, 3.05) is 25.0 Å². The van der Waals surface area contributed by atoms with Crippen LogP contribution in [0.3, 0.4) is 0 Å². The summed E-state index contributed by atoms with van der Waals surface area (Å²) in [5.41, 5.74) is 0.402. The molecule has 0 saturated heterocycles. The minimum atomic E-state index is -0.910. The zero-order valence-electron chi connectivity index (χ0n) is 12.1. The van der Waals surface area contributed by atoms with Gasteiger partial charge in [-0.2, -0.15) is 0 Å². The number of aromatic nitrogens is 1. The number of hydrogen-bond acceptors (Lipinski definition) is 4. The molecule has 19 heavy (non-hydrogen) atoms. The van der Waals surface area contributed by atoms with Gasteiger partial charge in [0, 0.05) is 32.0 Å². The van der Waals surface area contributed by atoms with E-state index in [-0.39, 0.29) is 5.91 Å². The van der Waals surface area contributed by atoms with E-state index >= 15 is 0 Å². The van der Waals surface area contributed by atoms with Gasteiger partial charge in [-0.05, 0) is 33.8 Å². The largest absolute Gasteiger partial charge is 0.389 e. The molecule has 1 aromatic heterocycles. The Bertz CT molecular complexity index is 427. The summed E-state index contributed by atoms with van der Waals surface area (Å²) in [6, 6.07) is 1.79. The first-order chi connectivity index (χ1) is 8.89. The Balaban J connectivity index is 2.97. The van der Waals surface area contributed by atoms with E-state index in [1.807, 2.05) is 13.8 Å². The van der Waals surface area contributed by atoms with E-state index in [9.17, 15) is 9.90 Å². The zero-order chi connectivity index (χ0) is 14.5. The number of likely N-dealkylation sites (N-methyl/N-ethyl adjacent to an activating group) is 1. The number of nitrogens with one attached hydrogen (secondary N) is 1. The Morgan fingerprint density at radius 3 is 2.68 bits per heavy atom. The summed E-state index contributed by atoms with van der Waals surface area (Å²) < 4.78 is 0. The highest BCUT2D eigenvalue weighted by atomic mass is 16.3. The number of hydrogen-bond donors (Lipinski definition) is 2. The maximum absolute atomic E-state index is 12.5. The Kier molecular flexibility index (Phi) is 5.30. The van der Waals surface area contributed by atoms with Gasteiger partial charge in [0.2, 0.25) is 0 Å². The molecule has 0 aliphatic rings. The van der Waals surface area contributed by atoms with Gasteiger partial charge >= 0.3 is 0 Å². The van der Waals surface area contributed by atoms with E-state index in [1.165, 1.54) is 0 Å². The smallest absolute Gasteiger partial charge is 0.257 e. The Morgan fingerprint density at radius 2 is 2.16 bits per heavy atom. The lowest BCUT2D eigenvalue weighted by atomic mass is 10.1. The summed E-state index contributed by atoms with van der Waals surface area (Å²) in [5.74, 6) is -0.117. The van der Waals surface area contributed by atoms with Gasteiger partial charge in [0.25, 0.3) is 5.91 Å². The molecule has 106 valence electrons. The summed E-state index contributed by atoms with van der Waals surface area (Å²) >= 11 is 0. The summed E-state index contributed by atoms with van der Waals surface area (Å²) in [7, 11) is 0. The van der Waals surface area contributed by atoms with E-state index in [1.54, 1.807) is 37.2 Å². The van der Waals surface area contributed by atoms with Gasteiger partial charge in [0.05, 0.1) is 16.9 Å². The van der Waals surface area contributed by atoms with Gasteiger partial charge < -0.3 is 15.3 Å². The topological polar surface area (TPSA) is 65.5 Å². The first-order valence-electron chi connectivity index (χ1n) is 6.58. The SMILES string of the molecule is CCNc1ccncc1C(=O)N(CC)CC(C)(C)O. The molecule has 0 radical (unpaired) electrons. The third kappa shape index (κ3) is 4.52. The van der Waals surface area contributed by atoms with Gasteiger partial charge in [-0.1, -0.05) is 0 Å². The van der Waals surface area contributed by atoms with Crippen molar-refractivity contribution in [3.8, 4) is 0 Å². The van der Waals surface area contributed by atoms with Crippen LogP contribution in [0.15, 0.2) is 18.5 Å². The highest BCUT2D eigenvalue weighted by Gasteiger charge is 2.23. The van der Waals surface area contributed by atoms with Crippen LogP contribution in [0.25, 0.3) is 0 Å². The molecular weight excluding hydrogens is 242 g/mol. The Morgan fingerprint density at radius 1 is 1.47 bits per heavy atom. The van der Waals surface area contributed by atoms with Crippen LogP contribution in [0.5, 0.6) is 0 Å². The monoisotopic (exact) mass is 265 g/mol. The molecule has 0 unspecified atom stereocenters. The van der Waals surface area contributed by atoms with Gasteiger partial charge in [-0.25, -0.2) is 0 Å². The van der Waals surface area contributed by atoms with Crippen LogP contribution < -0.4 is 5.32 Å². The van der Waals surface area contributed by atoms with Crippen LogP contribution in [-0.4, -0.2) is 46.1 Å². The van der Waals surface area contributed by atoms with Crippen molar-refractivity contribution < 1.29 is 9.90 Å². The van der Waals surface area contributed by atoms with Crippen LogP contribution in [0.1, 0.15) is 38.1 Å². The normalized spacial score (nSPS) is 11.2. The minimum absolute atomic E-state index is 0.117. The van der Waals surface area contributed by atoms with E-state index < -0.39 is 5.60 Å². The summed E-state index contributed by atoms with van der Waals surface area (Å²) in [5, 5.41) is 13.0. The highest BCUT2D eigenvalue weighted by molar-refractivity contribution is 5.99.